The Hall–Kier alpha value is -1.72. The molecule has 128 valence electrons. The third-order valence-electron chi connectivity index (χ3n) is 4.69. The predicted molar refractivity (Wildman–Crippen MR) is 96.5 cm³/mol. The average molecular weight is 344 g/mol. The van der Waals surface area contributed by atoms with Crippen molar-refractivity contribution in [2.24, 2.45) is 5.41 Å². The van der Waals surface area contributed by atoms with E-state index < -0.39 is 0 Å². The quantitative estimate of drug-likeness (QED) is 0.807. The highest BCUT2D eigenvalue weighted by atomic mass is 32.1. The lowest BCUT2D eigenvalue weighted by Gasteiger charge is -2.33. The van der Waals surface area contributed by atoms with Gasteiger partial charge in [-0.15, -0.1) is 11.3 Å². The molecule has 1 saturated carbocycles. The SMILES string of the molecule is CC(C)(CO)[C@@H](CNC(=O)c1cnc(C2CC2)s1)c1ccccc1. The summed E-state index contributed by atoms with van der Waals surface area (Å²) in [5, 5.41) is 13.9. The molecule has 1 aliphatic rings. The van der Waals surface area contributed by atoms with E-state index in [9.17, 15) is 9.90 Å². The second-order valence-corrected chi connectivity index (χ2v) is 8.22. The van der Waals surface area contributed by atoms with Gasteiger partial charge in [0, 0.05) is 25.0 Å². The van der Waals surface area contributed by atoms with Gasteiger partial charge in [0.2, 0.25) is 0 Å². The number of nitrogens with one attached hydrogen (secondary N) is 1. The van der Waals surface area contributed by atoms with E-state index in [1.54, 1.807) is 6.20 Å². The largest absolute Gasteiger partial charge is 0.396 e. The molecule has 3 rings (SSSR count). The van der Waals surface area contributed by atoms with Crippen LogP contribution in [0.5, 0.6) is 0 Å². The Morgan fingerprint density at radius 1 is 1.38 bits per heavy atom. The van der Waals surface area contributed by atoms with Crippen LogP contribution in [-0.4, -0.2) is 29.1 Å². The van der Waals surface area contributed by atoms with Crippen molar-refractivity contribution in [1.82, 2.24) is 10.3 Å². The van der Waals surface area contributed by atoms with E-state index in [-0.39, 0.29) is 23.8 Å². The number of thiazole rings is 1. The molecule has 0 unspecified atom stereocenters. The molecule has 0 radical (unpaired) electrons. The van der Waals surface area contributed by atoms with Gasteiger partial charge in [0.15, 0.2) is 0 Å². The molecule has 1 fully saturated rings. The maximum atomic E-state index is 12.4. The third-order valence-corrected chi connectivity index (χ3v) is 5.85. The first kappa shape index (κ1) is 17.1. The summed E-state index contributed by atoms with van der Waals surface area (Å²) in [5.41, 5.74) is 0.807. The highest BCUT2D eigenvalue weighted by Gasteiger charge is 2.31. The Balaban J connectivity index is 1.69. The fraction of sp³-hybridized carbons (Fsp3) is 0.474. The van der Waals surface area contributed by atoms with Gasteiger partial charge in [-0.1, -0.05) is 44.2 Å². The Bertz CT molecular complexity index is 692. The number of hydrogen-bond acceptors (Lipinski definition) is 4. The lowest BCUT2D eigenvalue weighted by atomic mass is 9.75. The number of hydrogen-bond donors (Lipinski definition) is 2. The number of rotatable bonds is 7. The molecule has 24 heavy (non-hydrogen) atoms. The van der Waals surface area contributed by atoms with Crippen LogP contribution in [-0.2, 0) is 0 Å². The highest BCUT2D eigenvalue weighted by molar-refractivity contribution is 7.13. The van der Waals surface area contributed by atoms with Gasteiger partial charge in [-0.05, 0) is 23.8 Å². The van der Waals surface area contributed by atoms with Gasteiger partial charge in [-0.3, -0.25) is 4.79 Å². The van der Waals surface area contributed by atoms with Crippen molar-refractivity contribution in [3.8, 4) is 0 Å². The number of amides is 1. The minimum absolute atomic E-state index is 0.0449. The molecule has 4 nitrogen and oxygen atoms in total. The predicted octanol–water partition coefficient (Wildman–Crippen LogP) is 3.55. The summed E-state index contributed by atoms with van der Waals surface area (Å²) >= 11 is 1.50. The zero-order valence-corrected chi connectivity index (χ0v) is 15.0. The first-order valence-electron chi connectivity index (χ1n) is 8.41. The normalized spacial score (nSPS) is 16.0. The van der Waals surface area contributed by atoms with Crippen LogP contribution in [0.1, 0.15) is 58.8 Å². The summed E-state index contributed by atoms with van der Waals surface area (Å²) in [4.78, 5) is 17.5. The summed E-state index contributed by atoms with van der Waals surface area (Å²) in [6.07, 6.45) is 4.06. The van der Waals surface area contributed by atoms with E-state index in [1.165, 1.54) is 24.2 Å². The van der Waals surface area contributed by atoms with Gasteiger partial charge in [-0.25, -0.2) is 4.98 Å². The van der Waals surface area contributed by atoms with Crippen molar-refractivity contribution in [1.29, 1.82) is 0 Å². The molecule has 1 aliphatic carbocycles. The van der Waals surface area contributed by atoms with Gasteiger partial charge >= 0.3 is 0 Å². The topological polar surface area (TPSA) is 62.2 Å². The number of aliphatic hydroxyl groups excluding tert-OH is 1. The molecular formula is C19H24N2O2S. The molecule has 1 atom stereocenters. The van der Waals surface area contributed by atoms with Crippen molar-refractivity contribution in [2.45, 2.75) is 38.5 Å². The van der Waals surface area contributed by atoms with E-state index in [2.05, 4.69) is 10.3 Å². The van der Waals surface area contributed by atoms with Gasteiger partial charge < -0.3 is 10.4 Å². The number of nitrogens with zero attached hydrogens (tertiary/aromatic N) is 1. The fourth-order valence-electron chi connectivity index (χ4n) is 2.83. The van der Waals surface area contributed by atoms with Crippen LogP contribution in [0.15, 0.2) is 36.5 Å². The maximum Gasteiger partial charge on any atom is 0.263 e. The van der Waals surface area contributed by atoms with Crippen LogP contribution < -0.4 is 5.32 Å². The first-order valence-corrected chi connectivity index (χ1v) is 9.22. The minimum atomic E-state index is -0.318. The summed E-state index contributed by atoms with van der Waals surface area (Å²) in [6.45, 7) is 4.60. The van der Waals surface area contributed by atoms with Crippen molar-refractivity contribution in [2.75, 3.05) is 13.2 Å². The third kappa shape index (κ3) is 3.84. The van der Waals surface area contributed by atoms with Crippen LogP contribution in [0.25, 0.3) is 0 Å². The Kier molecular flexibility index (Phi) is 5.01. The highest BCUT2D eigenvalue weighted by Crippen LogP contribution is 2.41. The molecule has 1 aromatic heterocycles. The lowest BCUT2D eigenvalue weighted by molar-refractivity contribution is 0.0924. The molecule has 0 saturated heterocycles. The van der Waals surface area contributed by atoms with Crippen LogP contribution >= 0.6 is 11.3 Å². The minimum Gasteiger partial charge on any atom is -0.396 e. The van der Waals surface area contributed by atoms with E-state index in [0.717, 1.165) is 10.6 Å². The van der Waals surface area contributed by atoms with Crippen molar-refractivity contribution in [3.63, 3.8) is 0 Å². The Labute approximate surface area is 146 Å². The number of carbonyl (C=O) groups excluding carboxylic acids is 1. The van der Waals surface area contributed by atoms with E-state index in [4.69, 9.17) is 0 Å². The van der Waals surface area contributed by atoms with Gasteiger partial charge in [-0.2, -0.15) is 0 Å². The van der Waals surface area contributed by atoms with Crippen LogP contribution in [0.3, 0.4) is 0 Å². The molecule has 1 heterocycles. The summed E-state index contributed by atoms with van der Waals surface area (Å²) in [6, 6.07) is 10.0. The molecule has 0 aliphatic heterocycles. The van der Waals surface area contributed by atoms with Gasteiger partial charge in [0.1, 0.15) is 4.88 Å². The zero-order valence-electron chi connectivity index (χ0n) is 14.2. The first-order chi connectivity index (χ1) is 11.5. The Morgan fingerprint density at radius 3 is 2.71 bits per heavy atom. The summed E-state index contributed by atoms with van der Waals surface area (Å²) in [5.74, 6) is 0.541. The molecule has 1 amide bonds. The van der Waals surface area contributed by atoms with Gasteiger partial charge in [0.05, 0.1) is 11.2 Å². The van der Waals surface area contributed by atoms with Crippen LogP contribution in [0, 0.1) is 5.41 Å². The van der Waals surface area contributed by atoms with Gasteiger partial charge in [0.25, 0.3) is 5.91 Å². The van der Waals surface area contributed by atoms with E-state index in [1.807, 2.05) is 44.2 Å². The number of benzene rings is 1. The second-order valence-electron chi connectivity index (χ2n) is 7.16. The van der Waals surface area contributed by atoms with Crippen molar-refractivity contribution >= 4 is 17.2 Å². The molecular weight excluding hydrogens is 320 g/mol. The molecule has 1 aromatic carbocycles. The van der Waals surface area contributed by atoms with Crippen LogP contribution in [0.2, 0.25) is 0 Å². The number of aromatic nitrogens is 1. The monoisotopic (exact) mass is 344 g/mol. The molecule has 2 aromatic rings. The van der Waals surface area contributed by atoms with Crippen LogP contribution in [0.4, 0.5) is 0 Å². The van der Waals surface area contributed by atoms with Crippen molar-refractivity contribution < 1.29 is 9.90 Å². The molecule has 2 N–H and O–H groups in total. The fourth-order valence-corrected chi connectivity index (χ4v) is 3.84. The smallest absolute Gasteiger partial charge is 0.263 e. The maximum absolute atomic E-state index is 12.4. The zero-order chi connectivity index (χ0) is 17.2. The number of carbonyl (C=O) groups is 1. The average Bonchev–Trinajstić information content (AvgIpc) is 3.32. The lowest BCUT2D eigenvalue weighted by Crippen LogP contribution is -2.36. The number of aliphatic hydroxyl groups is 1. The summed E-state index contributed by atoms with van der Waals surface area (Å²) in [7, 11) is 0. The molecule has 5 heteroatoms. The molecule has 0 spiro atoms. The second kappa shape index (κ2) is 7.03. The summed E-state index contributed by atoms with van der Waals surface area (Å²) < 4.78 is 0. The van der Waals surface area contributed by atoms with E-state index >= 15 is 0 Å². The van der Waals surface area contributed by atoms with E-state index in [0.29, 0.717) is 17.3 Å². The van der Waals surface area contributed by atoms with Crippen molar-refractivity contribution in [3.05, 3.63) is 52.0 Å². The molecule has 0 bridgehead atoms. The Morgan fingerprint density at radius 2 is 2.08 bits per heavy atom. The standard InChI is InChI=1S/C19H24N2O2S/c1-19(2,12-22)15(13-6-4-3-5-7-13)10-20-17(23)16-11-21-18(24-16)14-8-9-14/h3-7,11,14-15,22H,8-10,12H2,1-2H3,(H,20,23)/t15-/m0/s1.